The number of fused-ring (bicyclic) bond motifs is 1. The molecule has 0 radical (unpaired) electrons. The van der Waals surface area contributed by atoms with Crippen LogP contribution in [0.2, 0.25) is 0 Å². The minimum absolute atomic E-state index is 0.479. The minimum atomic E-state index is 0.479. The Labute approximate surface area is 102 Å². The number of nitrogens with one attached hydrogen (secondary N) is 1. The Morgan fingerprint density at radius 3 is 3.12 bits per heavy atom. The number of rotatable bonds is 2. The van der Waals surface area contributed by atoms with Crippen LogP contribution in [0.1, 0.15) is 29.9 Å². The van der Waals surface area contributed by atoms with Crippen molar-refractivity contribution in [1.29, 1.82) is 0 Å². The molecule has 0 fully saturated rings. The van der Waals surface area contributed by atoms with Gasteiger partial charge in [-0.2, -0.15) is 0 Å². The molecule has 90 valence electrons. The summed E-state index contributed by atoms with van der Waals surface area (Å²) in [6, 6.07) is 6.45. The van der Waals surface area contributed by atoms with Crippen molar-refractivity contribution in [2.75, 3.05) is 20.2 Å². The molecule has 0 bridgehead atoms. The second-order valence-electron chi connectivity index (χ2n) is 4.70. The molecule has 0 saturated carbocycles. The molecule has 1 aromatic carbocycles. The van der Waals surface area contributed by atoms with Crippen molar-refractivity contribution in [3.8, 4) is 5.75 Å². The molecular weight excluding hydrogens is 212 g/mol. The van der Waals surface area contributed by atoms with E-state index in [0.717, 1.165) is 25.3 Å². The second-order valence-corrected chi connectivity index (χ2v) is 4.70. The Bertz CT molecular complexity index is 454. The third-order valence-corrected chi connectivity index (χ3v) is 3.69. The molecule has 1 aliphatic heterocycles. The molecule has 1 unspecified atom stereocenters. The standard InChI is InChI=1S/C14H18N2O/c1-17-11-5-6-12-10(9-11)3-2-4-13(12)14-15-7-8-16-14/h5-6,9,13H,2-4,7-8H2,1H3,(H,15,16). The SMILES string of the molecule is COc1ccc2c(c1)CCCC2C1=NCCN1. The zero-order valence-corrected chi connectivity index (χ0v) is 10.2. The van der Waals surface area contributed by atoms with E-state index in [9.17, 15) is 0 Å². The van der Waals surface area contributed by atoms with E-state index in [1.54, 1.807) is 7.11 Å². The lowest BCUT2D eigenvalue weighted by Gasteiger charge is -2.26. The van der Waals surface area contributed by atoms with Gasteiger partial charge in [-0.25, -0.2) is 0 Å². The number of hydrogen-bond acceptors (Lipinski definition) is 3. The van der Waals surface area contributed by atoms with Crippen molar-refractivity contribution < 1.29 is 4.74 Å². The molecule has 1 aliphatic carbocycles. The van der Waals surface area contributed by atoms with E-state index in [1.807, 2.05) is 0 Å². The number of amidine groups is 1. The molecule has 2 aliphatic rings. The lowest BCUT2D eigenvalue weighted by atomic mass is 9.82. The number of methoxy groups -OCH3 is 1. The lowest BCUT2D eigenvalue weighted by molar-refractivity contribution is 0.413. The predicted molar refractivity (Wildman–Crippen MR) is 69.0 cm³/mol. The zero-order valence-electron chi connectivity index (χ0n) is 10.2. The third-order valence-electron chi connectivity index (χ3n) is 3.69. The molecule has 0 amide bonds. The summed E-state index contributed by atoms with van der Waals surface area (Å²) >= 11 is 0. The van der Waals surface area contributed by atoms with Gasteiger partial charge in [0.25, 0.3) is 0 Å². The predicted octanol–water partition coefficient (Wildman–Crippen LogP) is 2.12. The Hall–Kier alpha value is -1.51. The van der Waals surface area contributed by atoms with E-state index in [1.165, 1.54) is 29.8 Å². The monoisotopic (exact) mass is 230 g/mol. The molecule has 1 heterocycles. The van der Waals surface area contributed by atoms with E-state index in [0.29, 0.717) is 5.92 Å². The maximum Gasteiger partial charge on any atom is 0.119 e. The first-order valence-corrected chi connectivity index (χ1v) is 6.33. The third kappa shape index (κ3) is 1.90. The van der Waals surface area contributed by atoms with E-state index < -0.39 is 0 Å². The van der Waals surface area contributed by atoms with Gasteiger partial charge < -0.3 is 10.1 Å². The van der Waals surface area contributed by atoms with E-state index in [-0.39, 0.29) is 0 Å². The van der Waals surface area contributed by atoms with Crippen LogP contribution in [-0.2, 0) is 6.42 Å². The number of aryl methyl sites for hydroxylation is 1. The molecule has 17 heavy (non-hydrogen) atoms. The fraction of sp³-hybridized carbons (Fsp3) is 0.500. The zero-order chi connectivity index (χ0) is 11.7. The largest absolute Gasteiger partial charge is 0.497 e. The smallest absolute Gasteiger partial charge is 0.119 e. The van der Waals surface area contributed by atoms with Crippen molar-refractivity contribution in [1.82, 2.24) is 5.32 Å². The molecule has 0 spiro atoms. The molecule has 3 nitrogen and oxygen atoms in total. The number of hydrogen-bond donors (Lipinski definition) is 1. The molecule has 1 N–H and O–H groups in total. The number of ether oxygens (including phenoxy) is 1. The van der Waals surface area contributed by atoms with Crippen LogP contribution in [0.4, 0.5) is 0 Å². The highest BCUT2D eigenvalue weighted by molar-refractivity contribution is 5.90. The molecular formula is C14H18N2O. The van der Waals surface area contributed by atoms with Gasteiger partial charge in [-0.15, -0.1) is 0 Å². The fourth-order valence-corrected chi connectivity index (χ4v) is 2.85. The summed E-state index contributed by atoms with van der Waals surface area (Å²) < 4.78 is 5.30. The molecule has 0 saturated heterocycles. The molecule has 3 heteroatoms. The van der Waals surface area contributed by atoms with Gasteiger partial charge in [-0.1, -0.05) is 6.07 Å². The Morgan fingerprint density at radius 2 is 2.35 bits per heavy atom. The van der Waals surface area contributed by atoms with Gasteiger partial charge in [0.1, 0.15) is 11.6 Å². The average Bonchev–Trinajstić information content (AvgIpc) is 2.91. The highest BCUT2D eigenvalue weighted by atomic mass is 16.5. The Balaban J connectivity index is 1.96. The summed E-state index contributed by atoms with van der Waals surface area (Å²) in [5.41, 5.74) is 2.86. The molecule has 3 rings (SSSR count). The van der Waals surface area contributed by atoms with Gasteiger partial charge >= 0.3 is 0 Å². The number of aliphatic imine (C=N–C) groups is 1. The number of nitrogens with zero attached hydrogens (tertiary/aromatic N) is 1. The second kappa shape index (κ2) is 4.40. The van der Waals surface area contributed by atoms with Crippen LogP contribution in [0.25, 0.3) is 0 Å². The first-order chi connectivity index (χ1) is 8.38. The van der Waals surface area contributed by atoms with Crippen molar-refractivity contribution in [3.63, 3.8) is 0 Å². The van der Waals surface area contributed by atoms with Gasteiger partial charge in [0.05, 0.1) is 13.7 Å². The summed E-state index contributed by atoms with van der Waals surface area (Å²) in [6.45, 7) is 1.93. The van der Waals surface area contributed by atoms with Gasteiger partial charge in [-0.3, -0.25) is 4.99 Å². The van der Waals surface area contributed by atoms with Gasteiger partial charge in [0.15, 0.2) is 0 Å². The lowest BCUT2D eigenvalue weighted by Crippen LogP contribution is -2.28. The van der Waals surface area contributed by atoms with Crippen molar-refractivity contribution in [2.45, 2.75) is 25.2 Å². The van der Waals surface area contributed by atoms with Crippen LogP contribution in [0.3, 0.4) is 0 Å². The Kier molecular flexibility index (Phi) is 2.75. The Morgan fingerprint density at radius 1 is 1.41 bits per heavy atom. The van der Waals surface area contributed by atoms with E-state index in [4.69, 9.17) is 4.74 Å². The minimum Gasteiger partial charge on any atom is -0.497 e. The summed E-state index contributed by atoms with van der Waals surface area (Å²) in [7, 11) is 1.73. The van der Waals surface area contributed by atoms with Crippen molar-refractivity contribution in [3.05, 3.63) is 29.3 Å². The molecule has 0 aromatic heterocycles. The summed E-state index contributed by atoms with van der Waals surface area (Å²) in [6.07, 6.45) is 3.62. The normalized spacial score (nSPS) is 22.6. The van der Waals surface area contributed by atoms with Crippen LogP contribution in [0, 0.1) is 0 Å². The van der Waals surface area contributed by atoms with Crippen LogP contribution in [0.15, 0.2) is 23.2 Å². The fourth-order valence-electron chi connectivity index (χ4n) is 2.85. The van der Waals surface area contributed by atoms with Crippen molar-refractivity contribution >= 4 is 5.84 Å². The van der Waals surface area contributed by atoms with Crippen LogP contribution < -0.4 is 10.1 Å². The first kappa shape index (κ1) is 10.6. The van der Waals surface area contributed by atoms with E-state index >= 15 is 0 Å². The van der Waals surface area contributed by atoms with Crippen LogP contribution in [0.5, 0.6) is 5.75 Å². The number of benzene rings is 1. The van der Waals surface area contributed by atoms with Gasteiger partial charge in [0, 0.05) is 12.5 Å². The van der Waals surface area contributed by atoms with Crippen molar-refractivity contribution in [2.24, 2.45) is 4.99 Å². The first-order valence-electron chi connectivity index (χ1n) is 6.33. The maximum atomic E-state index is 5.30. The average molecular weight is 230 g/mol. The van der Waals surface area contributed by atoms with Crippen LogP contribution >= 0.6 is 0 Å². The highest BCUT2D eigenvalue weighted by Crippen LogP contribution is 2.34. The van der Waals surface area contributed by atoms with Crippen LogP contribution in [-0.4, -0.2) is 26.0 Å². The summed E-state index contributed by atoms with van der Waals surface area (Å²) in [4.78, 5) is 4.58. The maximum absolute atomic E-state index is 5.30. The summed E-state index contributed by atoms with van der Waals surface area (Å²) in [5.74, 6) is 2.63. The molecule has 1 aromatic rings. The van der Waals surface area contributed by atoms with Gasteiger partial charge in [-0.05, 0) is 42.5 Å². The van der Waals surface area contributed by atoms with Gasteiger partial charge in [0.2, 0.25) is 0 Å². The quantitative estimate of drug-likeness (QED) is 0.844. The topological polar surface area (TPSA) is 33.6 Å². The highest BCUT2D eigenvalue weighted by Gasteiger charge is 2.26. The van der Waals surface area contributed by atoms with E-state index in [2.05, 4.69) is 28.5 Å². The summed E-state index contributed by atoms with van der Waals surface area (Å²) in [5, 5.41) is 3.41. The molecule has 1 atom stereocenters.